The highest BCUT2D eigenvalue weighted by Crippen LogP contribution is 2.32. The van der Waals surface area contributed by atoms with E-state index in [1.807, 2.05) is 13.2 Å². The summed E-state index contributed by atoms with van der Waals surface area (Å²) in [5.41, 5.74) is 7.57. The maximum Gasteiger partial charge on any atom is 0.0474 e. The Bertz CT molecular complexity index is 738. The van der Waals surface area contributed by atoms with Gasteiger partial charge in [-0.05, 0) is 78.8 Å². The van der Waals surface area contributed by atoms with Gasteiger partial charge in [-0.25, -0.2) is 0 Å². The van der Waals surface area contributed by atoms with Gasteiger partial charge in [0.25, 0.3) is 0 Å². The first-order valence-corrected chi connectivity index (χ1v) is 11.2. The second-order valence-electron chi connectivity index (χ2n) is 9.34. The van der Waals surface area contributed by atoms with Gasteiger partial charge in [0.1, 0.15) is 0 Å². The summed E-state index contributed by atoms with van der Waals surface area (Å²) in [7, 11) is 1.91. The molecule has 2 unspecified atom stereocenters. The molecule has 162 valence electrons. The summed E-state index contributed by atoms with van der Waals surface area (Å²) in [6.45, 7) is 24.0. The van der Waals surface area contributed by atoms with Crippen LogP contribution in [-0.4, -0.2) is 24.5 Å². The Morgan fingerprint density at radius 1 is 1.00 bits per heavy atom. The van der Waals surface area contributed by atoms with Gasteiger partial charge < -0.3 is 0 Å². The van der Waals surface area contributed by atoms with E-state index in [2.05, 4.69) is 80.1 Å². The number of hydrogen-bond acceptors (Lipinski definition) is 3. The number of aliphatic imine (C=N–C) groups is 2. The Labute approximate surface area is 179 Å². The summed E-state index contributed by atoms with van der Waals surface area (Å²) in [5, 5.41) is 0. The maximum atomic E-state index is 4.77. The number of hydrogen-bond donors (Lipinski definition) is 0. The highest BCUT2D eigenvalue weighted by atomic mass is 14.8. The maximum absolute atomic E-state index is 4.77. The molecule has 0 aromatic carbocycles. The van der Waals surface area contributed by atoms with Gasteiger partial charge in [-0.15, -0.1) is 0 Å². The minimum Gasteiger partial charge on any atom is -0.292 e. The van der Waals surface area contributed by atoms with Crippen molar-refractivity contribution < 1.29 is 0 Å². The van der Waals surface area contributed by atoms with E-state index in [1.165, 1.54) is 28.1 Å². The Morgan fingerprint density at radius 2 is 1.62 bits per heavy atom. The van der Waals surface area contributed by atoms with E-state index in [-0.39, 0.29) is 0 Å². The lowest BCUT2D eigenvalue weighted by atomic mass is 9.82. The standard InChI is InChI=1S/C26H43N3/c1-16(2)22-19(7)14-15-29-26(22)21(9)13-12-20(8)25(28-11)23(17(3)4)24(27-10)18(5)6/h14-18,20-21H,10,12-13H2,1-9,11H3/b24-23-,28-25-. The Morgan fingerprint density at radius 3 is 2.07 bits per heavy atom. The van der Waals surface area contributed by atoms with E-state index in [0.29, 0.717) is 29.6 Å². The van der Waals surface area contributed by atoms with Crippen LogP contribution in [0.15, 0.2) is 33.5 Å². The lowest BCUT2D eigenvalue weighted by Crippen LogP contribution is -2.21. The van der Waals surface area contributed by atoms with E-state index in [9.17, 15) is 0 Å². The predicted molar refractivity (Wildman–Crippen MR) is 129 cm³/mol. The molecular formula is C26H43N3. The van der Waals surface area contributed by atoms with Gasteiger partial charge in [-0.1, -0.05) is 55.4 Å². The van der Waals surface area contributed by atoms with Crippen molar-refractivity contribution in [2.75, 3.05) is 7.05 Å². The molecular weight excluding hydrogens is 354 g/mol. The molecule has 29 heavy (non-hydrogen) atoms. The van der Waals surface area contributed by atoms with E-state index in [4.69, 9.17) is 9.98 Å². The smallest absolute Gasteiger partial charge is 0.0474 e. The largest absolute Gasteiger partial charge is 0.292 e. The van der Waals surface area contributed by atoms with Crippen LogP contribution in [0.4, 0.5) is 0 Å². The lowest BCUT2D eigenvalue weighted by Gasteiger charge is -2.25. The topological polar surface area (TPSA) is 37.6 Å². The average Bonchev–Trinajstić information content (AvgIpc) is 2.64. The Balaban J connectivity index is 3.10. The zero-order valence-electron chi connectivity index (χ0n) is 20.5. The highest BCUT2D eigenvalue weighted by molar-refractivity contribution is 6.02. The molecule has 0 radical (unpaired) electrons. The summed E-state index contributed by atoms with van der Waals surface area (Å²) >= 11 is 0. The van der Waals surface area contributed by atoms with Crippen LogP contribution in [0.5, 0.6) is 0 Å². The van der Waals surface area contributed by atoms with Crippen molar-refractivity contribution in [1.29, 1.82) is 0 Å². The molecule has 0 saturated carbocycles. The fraction of sp³-hybridized carbons (Fsp3) is 0.654. The van der Waals surface area contributed by atoms with E-state index < -0.39 is 0 Å². The van der Waals surface area contributed by atoms with Gasteiger partial charge in [-0.3, -0.25) is 15.0 Å². The molecule has 1 aromatic heterocycles. The van der Waals surface area contributed by atoms with Gasteiger partial charge in [0.05, 0.1) is 0 Å². The van der Waals surface area contributed by atoms with Crippen LogP contribution >= 0.6 is 0 Å². The molecule has 1 heterocycles. The van der Waals surface area contributed by atoms with Crippen molar-refractivity contribution >= 4 is 12.4 Å². The van der Waals surface area contributed by atoms with Crippen LogP contribution in [0.1, 0.15) is 96.9 Å². The number of aryl methyl sites for hydroxylation is 1. The van der Waals surface area contributed by atoms with Crippen molar-refractivity contribution in [1.82, 2.24) is 4.98 Å². The first-order valence-electron chi connectivity index (χ1n) is 11.2. The summed E-state index contributed by atoms with van der Waals surface area (Å²) in [6, 6.07) is 2.13. The van der Waals surface area contributed by atoms with Crippen molar-refractivity contribution in [2.24, 2.45) is 27.7 Å². The molecule has 0 saturated heterocycles. The predicted octanol–water partition coefficient (Wildman–Crippen LogP) is 7.37. The van der Waals surface area contributed by atoms with Crippen LogP contribution in [0, 0.1) is 24.7 Å². The summed E-state index contributed by atoms with van der Waals surface area (Å²) in [4.78, 5) is 13.9. The number of pyridine rings is 1. The summed E-state index contributed by atoms with van der Waals surface area (Å²) < 4.78 is 0. The van der Waals surface area contributed by atoms with Gasteiger partial charge in [0.15, 0.2) is 0 Å². The summed E-state index contributed by atoms with van der Waals surface area (Å²) in [6.07, 6.45) is 4.14. The van der Waals surface area contributed by atoms with Gasteiger partial charge in [-0.2, -0.15) is 0 Å². The molecule has 0 aliphatic heterocycles. The van der Waals surface area contributed by atoms with Crippen molar-refractivity contribution in [2.45, 2.75) is 87.0 Å². The molecule has 1 rings (SSSR count). The van der Waals surface area contributed by atoms with Crippen LogP contribution < -0.4 is 0 Å². The van der Waals surface area contributed by atoms with Crippen molar-refractivity contribution in [3.8, 4) is 0 Å². The fourth-order valence-corrected chi connectivity index (χ4v) is 4.42. The third-order valence-electron chi connectivity index (χ3n) is 5.87. The van der Waals surface area contributed by atoms with Crippen molar-refractivity contribution in [3.63, 3.8) is 0 Å². The van der Waals surface area contributed by atoms with Crippen LogP contribution in [0.25, 0.3) is 0 Å². The van der Waals surface area contributed by atoms with Crippen LogP contribution in [-0.2, 0) is 0 Å². The first-order chi connectivity index (χ1) is 13.6. The second-order valence-corrected chi connectivity index (χ2v) is 9.34. The average molecular weight is 398 g/mol. The number of allylic oxidation sites excluding steroid dienone is 2. The highest BCUT2D eigenvalue weighted by Gasteiger charge is 2.24. The third-order valence-corrected chi connectivity index (χ3v) is 5.87. The molecule has 0 spiro atoms. The third kappa shape index (κ3) is 6.35. The van der Waals surface area contributed by atoms with Gasteiger partial charge in [0, 0.05) is 30.3 Å². The Kier molecular flexibility index (Phi) is 9.95. The van der Waals surface area contributed by atoms with E-state index >= 15 is 0 Å². The Hall–Kier alpha value is -1.77. The van der Waals surface area contributed by atoms with Gasteiger partial charge >= 0.3 is 0 Å². The number of nitrogens with zero attached hydrogens (tertiary/aromatic N) is 3. The molecule has 0 N–H and O–H groups in total. The molecule has 3 heteroatoms. The number of aromatic nitrogens is 1. The fourth-order valence-electron chi connectivity index (χ4n) is 4.42. The molecule has 0 bridgehead atoms. The van der Waals surface area contributed by atoms with E-state index in [0.717, 1.165) is 18.5 Å². The van der Waals surface area contributed by atoms with E-state index in [1.54, 1.807) is 0 Å². The molecule has 0 aliphatic carbocycles. The lowest BCUT2D eigenvalue weighted by molar-refractivity contribution is 0.553. The quantitative estimate of drug-likeness (QED) is 0.380. The van der Waals surface area contributed by atoms with Crippen molar-refractivity contribution in [3.05, 3.63) is 40.4 Å². The minimum absolute atomic E-state index is 0.345. The van der Waals surface area contributed by atoms with Crippen LogP contribution in [0.3, 0.4) is 0 Å². The normalized spacial score (nSPS) is 15.7. The zero-order valence-corrected chi connectivity index (χ0v) is 20.5. The van der Waals surface area contributed by atoms with Crippen LogP contribution in [0.2, 0.25) is 0 Å². The molecule has 0 amide bonds. The molecule has 0 aliphatic rings. The molecule has 2 atom stereocenters. The first kappa shape index (κ1) is 25.3. The zero-order chi connectivity index (χ0) is 22.3. The van der Waals surface area contributed by atoms with Gasteiger partial charge in [0.2, 0.25) is 0 Å². The molecule has 0 fully saturated rings. The molecule has 3 nitrogen and oxygen atoms in total. The number of rotatable bonds is 10. The second kappa shape index (κ2) is 11.4. The summed E-state index contributed by atoms with van der Waals surface area (Å²) in [5.74, 6) is 2.03. The minimum atomic E-state index is 0.345. The molecule has 1 aromatic rings. The monoisotopic (exact) mass is 397 g/mol. The SMILES string of the molecule is C=N/C(=C(\C(=N/C)C(C)CCC(C)c1nccc(C)c1C(C)C)C(C)C)C(C)C.